The highest BCUT2D eigenvalue weighted by Crippen LogP contribution is 2.26. The number of carboxylic acids is 1. The number of methoxy groups -OCH3 is 1. The molecule has 1 N–H and O–H groups in total. The molecule has 1 amide bonds. The van der Waals surface area contributed by atoms with Crippen LogP contribution in [0.2, 0.25) is 0 Å². The Morgan fingerprint density at radius 2 is 2.12 bits per heavy atom. The number of nitrogens with zero attached hydrogens (tertiary/aromatic N) is 5. The Morgan fingerprint density at radius 1 is 1.32 bits per heavy atom. The van der Waals surface area contributed by atoms with Crippen LogP contribution in [-0.2, 0) is 4.79 Å². The average Bonchev–Trinajstić information content (AvgIpc) is 3.14. The third-order valence-corrected chi connectivity index (χ3v) is 4.32. The van der Waals surface area contributed by atoms with Gasteiger partial charge in [0, 0.05) is 18.7 Å². The number of likely N-dealkylation sites (tertiary alicyclic amines) is 1. The number of aliphatic carboxylic acids is 1. The van der Waals surface area contributed by atoms with Gasteiger partial charge in [0.05, 0.1) is 13.0 Å². The van der Waals surface area contributed by atoms with Crippen LogP contribution in [0.3, 0.4) is 0 Å². The third kappa shape index (κ3) is 3.44. The fraction of sp³-hybridized carbons (Fsp3) is 0.438. The molecule has 2 unspecified atom stereocenters. The van der Waals surface area contributed by atoms with E-state index in [0.29, 0.717) is 30.0 Å². The highest BCUT2D eigenvalue weighted by molar-refractivity contribution is 5.95. The van der Waals surface area contributed by atoms with Crippen molar-refractivity contribution < 1.29 is 19.4 Å². The van der Waals surface area contributed by atoms with Gasteiger partial charge in [0.25, 0.3) is 5.91 Å². The molecule has 0 radical (unpaired) electrons. The number of hydrogen-bond acceptors (Lipinski definition) is 6. The number of aromatic nitrogens is 4. The van der Waals surface area contributed by atoms with Crippen LogP contribution in [0.25, 0.3) is 5.69 Å². The standard InChI is InChI=1S/C16H19N5O4/c1-10-5-12(16(23)24)8-20(7-10)15(22)11-3-4-14(25-2)13(6-11)21-9-17-18-19-21/h3-4,6,9-10,12H,5,7-8H2,1-2H3,(H,23,24). The van der Waals surface area contributed by atoms with Crippen molar-refractivity contribution in [1.29, 1.82) is 0 Å². The molecule has 9 heteroatoms. The number of piperidine rings is 1. The summed E-state index contributed by atoms with van der Waals surface area (Å²) in [7, 11) is 1.52. The lowest BCUT2D eigenvalue weighted by molar-refractivity contribution is -0.143. The number of carboxylic acid groups (broad SMARTS) is 1. The van der Waals surface area contributed by atoms with Gasteiger partial charge in [-0.3, -0.25) is 9.59 Å². The van der Waals surface area contributed by atoms with E-state index >= 15 is 0 Å². The van der Waals surface area contributed by atoms with Crippen molar-refractivity contribution in [3.63, 3.8) is 0 Å². The number of tetrazole rings is 1. The summed E-state index contributed by atoms with van der Waals surface area (Å²) >= 11 is 0. The van der Waals surface area contributed by atoms with Gasteiger partial charge >= 0.3 is 5.97 Å². The highest BCUT2D eigenvalue weighted by atomic mass is 16.5. The maximum Gasteiger partial charge on any atom is 0.308 e. The first kappa shape index (κ1) is 16.9. The van der Waals surface area contributed by atoms with E-state index in [2.05, 4.69) is 15.5 Å². The lowest BCUT2D eigenvalue weighted by atomic mass is 9.90. The molecule has 0 saturated carbocycles. The minimum Gasteiger partial charge on any atom is -0.494 e. The molecule has 1 aliphatic heterocycles. The highest BCUT2D eigenvalue weighted by Gasteiger charge is 2.32. The number of ether oxygens (including phenoxy) is 1. The number of benzene rings is 1. The van der Waals surface area contributed by atoms with Crippen LogP contribution in [0.1, 0.15) is 23.7 Å². The molecule has 0 bridgehead atoms. The Hall–Kier alpha value is -2.97. The van der Waals surface area contributed by atoms with E-state index in [-0.39, 0.29) is 18.4 Å². The summed E-state index contributed by atoms with van der Waals surface area (Å²) in [6.07, 6.45) is 1.99. The summed E-state index contributed by atoms with van der Waals surface area (Å²) in [6, 6.07) is 4.98. The van der Waals surface area contributed by atoms with Crippen LogP contribution in [-0.4, -0.2) is 62.3 Å². The van der Waals surface area contributed by atoms with Gasteiger partial charge < -0.3 is 14.7 Å². The fourth-order valence-corrected chi connectivity index (χ4v) is 3.15. The minimum atomic E-state index is -0.867. The first-order valence-corrected chi connectivity index (χ1v) is 7.93. The first-order chi connectivity index (χ1) is 12.0. The van der Waals surface area contributed by atoms with E-state index in [9.17, 15) is 14.7 Å². The maximum atomic E-state index is 12.9. The maximum absolute atomic E-state index is 12.9. The zero-order valence-electron chi connectivity index (χ0n) is 14.0. The van der Waals surface area contributed by atoms with E-state index in [0.717, 1.165) is 0 Å². The topological polar surface area (TPSA) is 110 Å². The Morgan fingerprint density at radius 3 is 2.76 bits per heavy atom. The zero-order chi connectivity index (χ0) is 18.0. The molecule has 132 valence electrons. The van der Waals surface area contributed by atoms with Crippen molar-refractivity contribution in [3.05, 3.63) is 30.1 Å². The van der Waals surface area contributed by atoms with E-state index in [1.807, 2.05) is 6.92 Å². The number of carbonyl (C=O) groups excluding carboxylic acids is 1. The normalized spacial score (nSPS) is 20.3. The van der Waals surface area contributed by atoms with E-state index in [1.165, 1.54) is 18.1 Å². The van der Waals surface area contributed by atoms with Gasteiger partial charge in [0.1, 0.15) is 17.8 Å². The van der Waals surface area contributed by atoms with Gasteiger partial charge in [0.2, 0.25) is 0 Å². The second-order valence-electron chi connectivity index (χ2n) is 6.23. The minimum absolute atomic E-state index is 0.135. The molecule has 3 rings (SSSR count). The predicted molar refractivity (Wildman–Crippen MR) is 86.5 cm³/mol. The van der Waals surface area contributed by atoms with Crippen LogP contribution < -0.4 is 4.74 Å². The fourth-order valence-electron chi connectivity index (χ4n) is 3.15. The summed E-state index contributed by atoms with van der Waals surface area (Å²) in [5.74, 6) is -0.955. The van der Waals surface area contributed by atoms with Crippen molar-refractivity contribution in [2.24, 2.45) is 11.8 Å². The van der Waals surface area contributed by atoms with E-state index < -0.39 is 11.9 Å². The SMILES string of the molecule is COc1ccc(C(=O)N2CC(C)CC(C(=O)O)C2)cc1-n1cnnn1. The van der Waals surface area contributed by atoms with Crippen molar-refractivity contribution in [3.8, 4) is 11.4 Å². The van der Waals surface area contributed by atoms with Gasteiger partial charge in [-0.2, -0.15) is 4.68 Å². The van der Waals surface area contributed by atoms with Gasteiger partial charge in [-0.1, -0.05) is 6.92 Å². The number of carbonyl (C=O) groups is 2. The lowest BCUT2D eigenvalue weighted by Gasteiger charge is -2.34. The number of hydrogen-bond donors (Lipinski definition) is 1. The molecule has 1 saturated heterocycles. The van der Waals surface area contributed by atoms with E-state index in [4.69, 9.17) is 4.74 Å². The van der Waals surface area contributed by atoms with Crippen molar-refractivity contribution in [2.75, 3.05) is 20.2 Å². The molecule has 1 aromatic carbocycles. The molecular formula is C16H19N5O4. The Labute approximate surface area is 144 Å². The number of rotatable bonds is 4. The molecule has 1 aromatic heterocycles. The van der Waals surface area contributed by atoms with Crippen LogP contribution in [0.5, 0.6) is 5.75 Å². The number of amides is 1. The van der Waals surface area contributed by atoms with E-state index in [1.54, 1.807) is 23.1 Å². The largest absolute Gasteiger partial charge is 0.494 e. The first-order valence-electron chi connectivity index (χ1n) is 7.93. The van der Waals surface area contributed by atoms with Gasteiger partial charge in [-0.05, 0) is 41.0 Å². The summed E-state index contributed by atoms with van der Waals surface area (Å²) in [5.41, 5.74) is 0.975. The summed E-state index contributed by atoms with van der Waals surface area (Å²) in [6.45, 7) is 2.70. The second kappa shape index (κ2) is 6.88. The van der Waals surface area contributed by atoms with Gasteiger partial charge in [-0.15, -0.1) is 5.10 Å². The van der Waals surface area contributed by atoms with Crippen LogP contribution in [0.4, 0.5) is 0 Å². The van der Waals surface area contributed by atoms with Crippen molar-refractivity contribution >= 4 is 11.9 Å². The van der Waals surface area contributed by atoms with Crippen molar-refractivity contribution in [1.82, 2.24) is 25.1 Å². The lowest BCUT2D eigenvalue weighted by Crippen LogP contribution is -2.45. The third-order valence-electron chi connectivity index (χ3n) is 4.32. The molecule has 9 nitrogen and oxygen atoms in total. The Bertz CT molecular complexity index is 777. The second-order valence-corrected chi connectivity index (χ2v) is 6.23. The summed E-state index contributed by atoms with van der Waals surface area (Å²) < 4.78 is 6.71. The summed E-state index contributed by atoms with van der Waals surface area (Å²) in [4.78, 5) is 25.8. The Balaban J connectivity index is 1.89. The monoisotopic (exact) mass is 345 g/mol. The summed E-state index contributed by atoms with van der Waals surface area (Å²) in [5, 5.41) is 20.3. The predicted octanol–water partition coefficient (Wildman–Crippen LogP) is 0.854. The van der Waals surface area contributed by atoms with Crippen LogP contribution in [0, 0.1) is 11.8 Å². The Kier molecular flexibility index (Phi) is 4.64. The van der Waals surface area contributed by atoms with Crippen molar-refractivity contribution in [2.45, 2.75) is 13.3 Å². The molecular weight excluding hydrogens is 326 g/mol. The van der Waals surface area contributed by atoms with Crippen LogP contribution in [0.15, 0.2) is 24.5 Å². The molecule has 1 aliphatic rings. The molecule has 0 aliphatic carbocycles. The van der Waals surface area contributed by atoms with Gasteiger partial charge in [0.15, 0.2) is 0 Å². The zero-order valence-corrected chi connectivity index (χ0v) is 14.0. The smallest absolute Gasteiger partial charge is 0.308 e. The molecule has 0 spiro atoms. The average molecular weight is 345 g/mol. The molecule has 2 aromatic rings. The molecule has 25 heavy (non-hydrogen) atoms. The van der Waals surface area contributed by atoms with Crippen LogP contribution >= 0.6 is 0 Å². The van der Waals surface area contributed by atoms with Gasteiger partial charge in [-0.25, -0.2) is 0 Å². The quantitative estimate of drug-likeness (QED) is 0.874. The molecule has 2 heterocycles. The molecule has 2 atom stereocenters. The molecule has 1 fully saturated rings.